The smallest absolute Gasteiger partial charge is 0.407 e. The first kappa shape index (κ1) is 12.2. The Hall–Kier alpha value is -1.83. The number of nitrogens with zero attached hydrogens (tertiary/aromatic N) is 2. The van der Waals surface area contributed by atoms with E-state index in [9.17, 15) is 28.8 Å². The van der Waals surface area contributed by atoms with Crippen LogP contribution in [0, 0.1) is 10.1 Å². The lowest BCUT2D eigenvalue weighted by Gasteiger charge is -2.02. The van der Waals surface area contributed by atoms with E-state index in [1.807, 2.05) is 0 Å². The number of nitro groups is 1. The fourth-order valence-corrected chi connectivity index (χ4v) is 1.08. The van der Waals surface area contributed by atoms with E-state index in [1.165, 1.54) is 0 Å². The van der Waals surface area contributed by atoms with Crippen LogP contribution in [0.1, 0.15) is 22.5 Å². The number of aromatic hydroxyl groups is 1. The van der Waals surface area contributed by atoms with Crippen LogP contribution in [0.2, 0.25) is 0 Å². The molecule has 0 aromatic carbocycles. The van der Waals surface area contributed by atoms with Crippen LogP contribution < -0.4 is 0 Å². The number of hydrogen-bond donors (Lipinski definition) is 1. The number of carbonyl (C=O) groups excluding carboxylic acids is 1. The van der Waals surface area contributed by atoms with Crippen LogP contribution in [0.25, 0.3) is 0 Å². The van der Waals surface area contributed by atoms with Crippen molar-refractivity contribution in [1.29, 1.82) is 0 Å². The minimum atomic E-state index is -3.12. The summed E-state index contributed by atoms with van der Waals surface area (Å²) in [5, 5.41) is 18.2. The van der Waals surface area contributed by atoms with Gasteiger partial charge in [-0.3, -0.25) is 4.79 Å². The standard InChI is InChI=1S/C7H3ClF2N2O4/c8-5(14)2-1-3(6(9)10)11-7(4(2)13)12(15)16/h1,6,13H. The van der Waals surface area contributed by atoms with Crippen molar-refractivity contribution in [2.45, 2.75) is 6.43 Å². The highest BCUT2D eigenvalue weighted by molar-refractivity contribution is 6.68. The molecule has 86 valence electrons. The van der Waals surface area contributed by atoms with Gasteiger partial charge in [0.05, 0.1) is 5.56 Å². The van der Waals surface area contributed by atoms with Gasteiger partial charge in [0.25, 0.3) is 5.24 Å². The molecule has 0 fully saturated rings. The van der Waals surface area contributed by atoms with Gasteiger partial charge in [-0.1, -0.05) is 0 Å². The summed E-state index contributed by atoms with van der Waals surface area (Å²) in [5.41, 5.74) is -1.79. The SMILES string of the molecule is O=C(Cl)c1cc(C(F)F)nc([N+](=O)[O-])c1O. The molecule has 0 spiro atoms. The van der Waals surface area contributed by atoms with Crippen LogP contribution in [-0.2, 0) is 0 Å². The van der Waals surface area contributed by atoms with Gasteiger partial charge >= 0.3 is 12.2 Å². The third-order valence-electron chi connectivity index (χ3n) is 1.60. The summed E-state index contributed by atoms with van der Waals surface area (Å²) in [6, 6.07) is 0.502. The zero-order valence-electron chi connectivity index (χ0n) is 7.35. The number of halogens is 3. The van der Waals surface area contributed by atoms with Gasteiger partial charge in [-0.2, -0.15) is 0 Å². The third-order valence-corrected chi connectivity index (χ3v) is 1.81. The van der Waals surface area contributed by atoms with E-state index in [1.54, 1.807) is 0 Å². The second kappa shape index (κ2) is 4.35. The maximum Gasteiger partial charge on any atom is 0.407 e. The van der Waals surface area contributed by atoms with Crippen molar-refractivity contribution in [3.8, 4) is 5.75 Å². The Morgan fingerprint density at radius 2 is 2.19 bits per heavy atom. The van der Waals surface area contributed by atoms with E-state index < -0.39 is 39.4 Å². The van der Waals surface area contributed by atoms with Crippen molar-refractivity contribution in [3.63, 3.8) is 0 Å². The van der Waals surface area contributed by atoms with Gasteiger partial charge in [0.2, 0.25) is 11.4 Å². The monoisotopic (exact) mass is 252 g/mol. The Balaban J connectivity index is 3.51. The molecule has 0 aliphatic carbocycles. The second-order valence-corrected chi connectivity index (χ2v) is 2.94. The minimum Gasteiger partial charge on any atom is -0.500 e. The fraction of sp³-hybridized carbons (Fsp3) is 0.143. The number of rotatable bonds is 3. The van der Waals surface area contributed by atoms with Crippen molar-refractivity contribution in [2.24, 2.45) is 0 Å². The molecule has 0 aliphatic rings. The molecule has 0 saturated heterocycles. The Morgan fingerprint density at radius 1 is 1.62 bits per heavy atom. The van der Waals surface area contributed by atoms with Crippen LogP contribution in [-0.4, -0.2) is 20.3 Å². The molecule has 0 radical (unpaired) electrons. The maximum absolute atomic E-state index is 12.3. The predicted octanol–water partition coefficient (Wildman–Crippen LogP) is 2.01. The van der Waals surface area contributed by atoms with Crippen molar-refractivity contribution in [1.82, 2.24) is 4.98 Å². The highest BCUT2D eigenvalue weighted by Gasteiger charge is 2.28. The van der Waals surface area contributed by atoms with Gasteiger partial charge < -0.3 is 15.2 Å². The Kier molecular flexibility index (Phi) is 3.33. The number of alkyl halides is 2. The summed E-state index contributed by atoms with van der Waals surface area (Å²) in [7, 11) is 0. The Labute approximate surface area is 91.6 Å². The van der Waals surface area contributed by atoms with Crippen molar-refractivity contribution >= 4 is 22.7 Å². The molecule has 16 heavy (non-hydrogen) atoms. The average molecular weight is 253 g/mol. The zero-order chi connectivity index (χ0) is 12.5. The van der Waals surface area contributed by atoms with Gasteiger partial charge in [-0.05, 0) is 21.5 Å². The first-order valence-corrected chi connectivity index (χ1v) is 4.08. The van der Waals surface area contributed by atoms with Crippen LogP contribution in [0.3, 0.4) is 0 Å². The molecule has 9 heteroatoms. The molecule has 6 nitrogen and oxygen atoms in total. The number of hydrogen-bond acceptors (Lipinski definition) is 5. The molecule has 0 bridgehead atoms. The fourth-order valence-electron chi connectivity index (χ4n) is 0.933. The van der Waals surface area contributed by atoms with Crippen LogP contribution in [0.15, 0.2) is 6.07 Å². The van der Waals surface area contributed by atoms with Gasteiger partial charge in [0.15, 0.2) is 0 Å². The Bertz CT molecular complexity index is 431. The van der Waals surface area contributed by atoms with Gasteiger partial charge in [0, 0.05) is 6.07 Å². The summed E-state index contributed by atoms with van der Waals surface area (Å²) >= 11 is 4.97. The highest BCUT2D eigenvalue weighted by atomic mass is 35.5. The molecule has 0 aliphatic heterocycles. The molecular weight excluding hydrogens is 250 g/mol. The predicted molar refractivity (Wildman–Crippen MR) is 47.7 cm³/mol. The summed E-state index contributed by atoms with van der Waals surface area (Å²) < 4.78 is 24.5. The van der Waals surface area contributed by atoms with Crippen molar-refractivity contribution in [2.75, 3.05) is 0 Å². The molecule has 1 rings (SSSR count). The molecule has 0 amide bonds. The maximum atomic E-state index is 12.3. The Morgan fingerprint density at radius 3 is 2.56 bits per heavy atom. The van der Waals surface area contributed by atoms with Crippen LogP contribution in [0.4, 0.5) is 14.6 Å². The number of aromatic nitrogens is 1. The largest absolute Gasteiger partial charge is 0.500 e. The summed E-state index contributed by atoms with van der Waals surface area (Å²) in [4.78, 5) is 22.8. The lowest BCUT2D eigenvalue weighted by Crippen LogP contribution is -2.02. The first-order valence-electron chi connectivity index (χ1n) is 3.71. The zero-order valence-corrected chi connectivity index (χ0v) is 8.11. The molecular formula is C7H3ClF2N2O4. The molecule has 0 saturated carbocycles. The minimum absolute atomic E-state index is 0.502. The average Bonchev–Trinajstić information content (AvgIpc) is 2.16. The van der Waals surface area contributed by atoms with Gasteiger partial charge in [-0.25, -0.2) is 8.78 Å². The lowest BCUT2D eigenvalue weighted by atomic mass is 10.2. The van der Waals surface area contributed by atoms with Crippen LogP contribution in [0.5, 0.6) is 5.75 Å². The van der Waals surface area contributed by atoms with E-state index in [0.717, 1.165) is 0 Å². The summed E-state index contributed by atoms with van der Waals surface area (Å²) in [5.74, 6) is -2.36. The molecule has 1 heterocycles. The van der Waals surface area contributed by atoms with E-state index in [2.05, 4.69) is 4.98 Å². The highest BCUT2D eigenvalue weighted by Crippen LogP contribution is 2.32. The van der Waals surface area contributed by atoms with E-state index in [0.29, 0.717) is 6.07 Å². The van der Waals surface area contributed by atoms with Crippen LogP contribution >= 0.6 is 11.6 Å². The summed E-state index contributed by atoms with van der Waals surface area (Å²) in [6.45, 7) is 0. The lowest BCUT2D eigenvalue weighted by molar-refractivity contribution is -0.390. The van der Waals surface area contributed by atoms with Gasteiger partial charge in [0.1, 0.15) is 0 Å². The van der Waals surface area contributed by atoms with E-state index >= 15 is 0 Å². The summed E-state index contributed by atoms with van der Waals surface area (Å²) in [6.07, 6.45) is -3.12. The molecule has 1 aromatic heterocycles. The molecule has 0 unspecified atom stereocenters. The van der Waals surface area contributed by atoms with Gasteiger partial charge in [-0.15, -0.1) is 0 Å². The molecule has 1 N–H and O–H groups in total. The third kappa shape index (κ3) is 2.22. The van der Waals surface area contributed by atoms with E-state index in [-0.39, 0.29) is 0 Å². The van der Waals surface area contributed by atoms with Crippen molar-refractivity contribution < 1.29 is 23.6 Å². The normalized spacial score (nSPS) is 10.5. The number of pyridine rings is 1. The quantitative estimate of drug-likeness (QED) is 0.504. The first-order chi connectivity index (χ1) is 7.34. The molecule has 1 aromatic rings. The topological polar surface area (TPSA) is 93.3 Å². The van der Waals surface area contributed by atoms with Crippen molar-refractivity contribution in [3.05, 3.63) is 27.4 Å². The van der Waals surface area contributed by atoms with E-state index in [4.69, 9.17) is 11.6 Å². The number of carbonyl (C=O) groups is 1. The molecule has 0 atom stereocenters. The second-order valence-electron chi connectivity index (χ2n) is 2.60.